The van der Waals surface area contributed by atoms with E-state index in [0.717, 1.165) is 32.2 Å². The lowest BCUT2D eigenvalue weighted by Crippen LogP contribution is -2.44. The normalized spacial score (nSPS) is 15.7. The molecule has 1 saturated heterocycles. The molecule has 1 aromatic heterocycles. The maximum atomic E-state index is 13.7. The van der Waals surface area contributed by atoms with Crippen LogP contribution in [0.25, 0.3) is 11.4 Å². The summed E-state index contributed by atoms with van der Waals surface area (Å²) in [6.45, 7) is 3.43. The number of halogens is 1. The summed E-state index contributed by atoms with van der Waals surface area (Å²) >= 11 is 0. The molecule has 0 radical (unpaired) electrons. The number of hydrogen-bond acceptors (Lipinski definition) is 5. The number of nitrogens with zero attached hydrogens (tertiary/aromatic N) is 3. The first-order chi connectivity index (χ1) is 9.24. The van der Waals surface area contributed by atoms with Crippen molar-refractivity contribution in [2.45, 2.75) is 0 Å². The highest BCUT2D eigenvalue weighted by molar-refractivity contribution is 5.58. The van der Waals surface area contributed by atoms with Gasteiger partial charge >= 0.3 is 0 Å². The molecule has 3 rings (SSSR count). The molecule has 0 atom stereocenters. The van der Waals surface area contributed by atoms with Crippen LogP contribution in [0.15, 0.2) is 18.2 Å². The number of aromatic nitrogens is 3. The van der Waals surface area contributed by atoms with E-state index < -0.39 is 5.82 Å². The van der Waals surface area contributed by atoms with Crippen LogP contribution in [0.1, 0.15) is 0 Å². The van der Waals surface area contributed by atoms with Crippen molar-refractivity contribution in [3.05, 3.63) is 24.0 Å². The van der Waals surface area contributed by atoms with Crippen molar-refractivity contribution in [3.63, 3.8) is 0 Å². The van der Waals surface area contributed by atoms with Gasteiger partial charge in [0.05, 0.1) is 5.56 Å². The van der Waals surface area contributed by atoms with E-state index in [2.05, 4.69) is 20.5 Å². The van der Waals surface area contributed by atoms with Gasteiger partial charge in [0.2, 0.25) is 5.95 Å². The minimum atomic E-state index is -0.525. The molecular weight excluding hydrogens is 249 g/mol. The first-order valence-corrected chi connectivity index (χ1v) is 6.11. The Morgan fingerprint density at radius 3 is 2.79 bits per heavy atom. The largest absolute Gasteiger partial charge is 0.508 e. The molecule has 0 saturated carbocycles. The number of phenolic OH excluding ortho intramolecular Hbond substituents is 1. The van der Waals surface area contributed by atoms with Gasteiger partial charge in [-0.2, -0.15) is 4.98 Å². The van der Waals surface area contributed by atoms with E-state index in [-0.39, 0.29) is 5.75 Å². The molecule has 0 amide bonds. The standard InChI is InChI=1S/C12H14FN5O/c13-10-7-8(19)1-2-9(10)11-15-12(17-16-11)18-5-3-14-4-6-18/h1-2,7,14,19H,3-6H2,(H,15,16,17). The Kier molecular flexibility index (Phi) is 3.04. The second-order valence-electron chi connectivity index (χ2n) is 4.39. The van der Waals surface area contributed by atoms with Crippen molar-refractivity contribution in [1.82, 2.24) is 20.5 Å². The van der Waals surface area contributed by atoms with Crippen molar-refractivity contribution < 1.29 is 9.50 Å². The molecule has 0 unspecified atom stereocenters. The lowest BCUT2D eigenvalue weighted by molar-refractivity contribution is 0.469. The molecule has 19 heavy (non-hydrogen) atoms. The van der Waals surface area contributed by atoms with Crippen LogP contribution in [0.4, 0.5) is 10.3 Å². The number of H-pyrrole nitrogens is 1. The number of piperazine rings is 1. The topological polar surface area (TPSA) is 77.1 Å². The Morgan fingerprint density at radius 2 is 2.05 bits per heavy atom. The third-order valence-corrected chi connectivity index (χ3v) is 3.08. The van der Waals surface area contributed by atoms with Gasteiger partial charge in [-0.25, -0.2) is 4.39 Å². The van der Waals surface area contributed by atoms with Crippen molar-refractivity contribution in [2.24, 2.45) is 0 Å². The van der Waals surface area contributed by atoms with Crippen LogP contribution in [-0.4, -0.2) is 46.5 Å². The highest BCUT2D eigenvalue weighted by atomic mass is 19.1. The minimum Gasteiger partial charge on any atom is -0.508 e. The number of rotatable bonds is 2. The number of aromatic amines is 1. The molecule has 1 aromatic carbocycles. The van der Waals surface area contributed by atoms with Gasteiger partial charge in [0.15, 0.2) is 5.82 Å². The highest BCUT2D eigenvalue weighted by Crippen LogP contribution is 2.24. The number of aromatic hydroxyl groups is 1. The zero-order valence-electron chi connectivity index (χ0n) is 10.2. The van der Waals surface area contributed by atoms with Gasteiger partial charge in [-0.1, -0.05) is 0 Å². The molecule has 100 valence electrons. The van der Waals surface area contributed by atoms with Gasteiger partial charge < -0.3 is 15.3 Å². The van der Waals surface area contributed by atoms with Gasteiger partial charge in [-0.15, -0.1) is 5.10 Å². The van der Waals surface area contributed by atoms with Gasteiger partial charge in [-0.05, 0) is 12.1 Å². The molecule has 1 fully saturated rings. The zero-order valence-corrected chi connectivity index (χ0v) is 10.2. The van der Waals surface area contributed by atoms with Gasteiger partial charge in [0.1, 0.15) is 11.6 Å². The van der Waals surface area contributed by atoms with E-state index in [0.29, 0.717) is 17.3 Å². The Balaban J connectivity index is 1.87. The second kappa shape index (κ2) is 4.85. The number of benzene rings is 1. The summed E-state index contributed by atoms with van der Waals surface area (Å²) in [6.07, 6.45) is 0. The average molecular weight is 263 g/mol. The Bertz CT molecular complexity index is 579. The van der Waals surface area contributed by atoms with Crippen molar-refractivity contribution in [1.29, 1.82) is 0 Å². The average Bonchev–Trinajstić information content (AvgIpc) is 2.89. The van der Waals surface area contributed by atoms with Crippen molar-refractivity contribution >= 4 is 5.95 Å². The fraction of sp³-hybridized carbons (Fsp3) is 0.333. The molecule has 2 aromatic rings. The lowest BCUT2D eigenvalue weighted by Gasteiger charge is -2.25. The number of nitrogens with one attached hydrogen (secondary N) is 2. The molecule has 1 aliphatic heterocycles. The molecule has 0 bridgehead atoms. The molecule has 6 nitrogen and oxygen atoms in total. The SMILES string of the molecule is Oc1ccc(-c2nc(N3CCNCC3)n[nH]2)c(F)c1. The fourth-order valence-electron chi connectivity index (χ4n) is 2.08. The first kappa shape index (κ1) is 11.9. The predicted molar refractivity (Wildman–Crippen MR) is 68.5 cm³/mol. The number of hydrogen-bond donors (Lipinski definition) is 3. The summed E-state index contributed by atoms with van der Waals surface area (Å²) in [5.74, 6) is 0.307. The molecule has 2 heterocycles. The van der Waals surface area contributed by atoms with Crippen LogP contribution in [0.2, 0.25) is 0 Å². The van der Waals surface area contributed by atoms with E-state index in [1.165, 1.54) is 12.1 Å². The minimum absolute atomic E-state index is 0.108. The van der Waals surface area contributed by atoms with Crippen LogP contribution < -0.4 is 10.2 Å². The summed E-state index contributed by atoms with van der Waals surface area (Å²) in [5, 5.41) is 19.3. The molecule has 7 heteroatoms. The van der Waals surface area contributed by atoms with Crippen LogP contribution in [0, 0.1) is 5.82 Å². The summed E-state index contributed by atoms with van der Waals surface area (Å²) in [6, 6.07) is 3.96. The van der Waals surface area contributed by atoms with Crippen LogP contribution in [0.3, 0.4) is 0 Å². The Labute approximate surface area is 109 Å². The van der Waals surface area contributed by atoms with Gasteiger partial charge in [-0.3, -0.25) is 5.10 Å². The summed E-state index contributed by atoms with van der Waals surface area (Å²) < 4.78 is 13.7. The van der Waals surface area contributed by atoms with E-state index in [1.54, 1.807) is 0 Å². The molecule has 0 aliphatic carbocycles. The van der Waals surface area contributed by atoms with Crippen molar-refractivity contribution in [2.75, 3.05) is 31.1 Å². The Hall–Kier alpha value is -2.15. The quantitative estimate of drug-likeness (QED) is 0.744. The molecule has 3 N–H and O–H groups in total. The third-order valence-electron chi connectivity index (χ3n) is 3.08. The number of phenols is 1. The summed E-state index contributed by atoms with van der Waals surface area (Å²) in [5.41, 5.74) is 0.298. The Morgan fingerprint density at radius 1 is 1.26 bits per heavy atom. The van der Waals surface area contributed by atoms with E-state index in [4.69, 9.17) is 0 Å². The van der Waals surface area contributed by atoms with Crippen LogP contribution in [-0.2, 0) is 0 Å². The smallest absolute Gasteiger partial charge is 0.245 e. The maximum Gasteiger partial charge on any atom is 0.245 e. The summed E-state index contributed by atoms with van der Waals surface area (Å²) in [7, 11) is 0. The molecule has 0 spiro atoms. The van der Waals surface area contributed by atoms with E-state index in [1.807, 2.05) is 4.90 Å². The maximum absolute atomic E-state index is 13.7. The third kappa shape index (κ3) is 2.37. The van der Waals surface area contributed by atoms with Gasteiger partial charge in [0.25, 0.3) is 0 Å². The lowest BCUT2D eigenvalue weighted by atomic mass is 10.2. The van der Waals surface area contributed by atoms with Crippen molar-refractivity contribution in [3.8, 4) is 17.1 Å². The monoisotopic (exact) mass is 263 g/mol. The fourth-order valence-corrected chi connectivity index (χ4v) is 2.08. The first-order valence-electron chi connectivity index (χ1n) is 6.11. The molecule has 1 aliphatic rings. The second-order valence-corrected chi connectivity index (χ2v) is 4.39. The van der Waals surface area contributed by atoms with Gasteiger partial charge in [0, 0.05) is 32.2 Å². The zero-order chi connectivity index (χ0) is 13.2. The van der Waals surface area contributed by atoms with Crippen LogP contribution in [0.5, 0.6) is 5.75 Å². The predicted octanol–water partition coefficient (Wildman–Crippen LogP) is 0.726. The highest BCUT2D eigenvalue weighted by Gasteiger charge is 2.17. The summed E-state index contributed by atoms with van der Waals surface area (Å²) in [4.78, 5) is 6.34. The van der Waals surface area contributed by atoms with Crippen LogP contribution >= 0.6 is 0 Å². The number of anilines is 1. The van der Waals surface area contributed by atoms with E-state index in [9.17, 15) is 9.50 Å². The van der Waals surface area contributed by atoms with E-state index >= 15 is 0 Å². The molecular formula is C12H14FN5O.